The van der Waals surface area contributed by atoms with Crippen molar-refractivity contribution in [3.05, 3.63) is 0 Å². The molecule has 0 bridgehead atoms. The predicted octanol–water partition coefficient (Wildman–Crippen LogP) is -0.0998. The van der Waals surface area contributed by atoms with Crippen LogP contribution in [0.25, 0.3) is 0 Å². The normalized spacial score (nSPS) is 24.4. The van der Waals surface area contributed by atoms with Gasteiger partial charge in [-0.1, -0.05) is 0 Å². The summed E-state index contributed by atoms with van der Waals surface area (Å²) in [5.74, 6) is 0.692. The fraction of sp³-hybridized carbons (Fsp3) is 0.867. The van der Waals surface area contributed by atoms with E-state index in [1.54, 1.807) is 0 Å². The molecule has 0 spiro atoms. The van der Waals surface area contributed by atoms with Gasteiger partial charge in [-0.25, -0.2) is 0 Å². The van der Waals surface area contributed by atoms with Gasteiger partial charge in [-0.2, -0.15) is 0 Å². The zero-order valence-electron chi connectivity index (χ0n) is 13.1. The lowest BCUT2D eigenvalue weighted by atomic mass is 9.94. The van der Waals surface area contributed by atoms with Crippen molar-refractivity contribution in [2.75, 3.05) is 44.3 Å². The second-order valence-corrected chi connectivity index (χ2v) is 7.24. The molecule has 1 atom stereocenters. The molecule has 2 fully saturated rings. The minimum absolute atomic E-state index is 0.108. The summed E-state index contributed by atoms with van der Waals surface area (Å²) in [4.78, 5) is 27.1. The number of nitrogens with two attached hydrogens (primary N) is 1. The molecule has 0 unspecified atom stereocenters. The Bertz CT molecular complexity index is 386. The zero-order chi connectivity index (χ0) is 15.9. The smallest absolute Gasteiger partial charge is 0.232 e. The quantitative estimate of drug-likeness (QED) is 0.711. The highest BCUT2D eigenvalue weighted by atomic mass is 32.2. The number of carbonyl (C=O) groups excluding carboxylic acids is 2. The molecule has 6 nitrogen and oxygen atoms in total. The van der Waals surface area contributed by atoms with E-state index in [0.717, 1.165) is 51.9 Å². The molecule has 0 aromatic rings. The lowest BCUT2D eigenvalue weighted by Crippen LogP contribution is -2.50. The van der Waals surface area contributed by atoms with Crippen molar-refractivity contribution in [1.29, 1.82) is 0 Å². The van der Waals surface area contributed by atoms with Gasteiger partial charge in [0.25, 0.3) is 0 Å². The molecule has 3 N–H and O–H groups in total. The molecule has 0 saturated carbocycles. The number of amides is 2. The largest absolute Gasteiger partial charge is 0.396 e. The van der Waals surface area contributed by atoms with E-state index >= 15 is 0 Å². The summed E-state index contributed by atoms with van der Waals surface area (Å²) >= 11 is 1.29. The number of nitrogens with zero attached hydrogens (tertiary/aromatic N) is 2. The average Bonchev–Trinajstić information content (AvgIpc) is 2.54. The number of aliphatic hydroxyl groups is 1. The standard InChI is InChI=1S/C15H27N3O3S/c16-14(20)10-22-11-15(21)17-6-3-13(4-7-17)18-5-1-2-12(8-18)9-19/h12-13,19H,1-11H2,(H2,16,20)/t12-/m0/s1. The Balaban J connectivity index is 1.71. The summed E-state index contributed by atoms with van der Waals surface area (Å²) < 4.78 is 0. The number of primary amides is 1. The third-order valence-electron chi connectivity index (χ3n) is 4.61. The Labute approximate surface area is 136 Å². The van der Waals surface area contributed by atoms with Gasteiger partial charge in [-0.15, -0.1) is 11.8 Å². The number of hydrogen-bond acceptors (Lipinski definition) is 5. The van der Waals surface area contributed by atoms with Gasteiger partial charge in [0.1, 0.15) is 0 Å². The van der Waals surface area contributed by atoms with E-state index in [1.807, 2.05) is 4.90 Å². The fourth-order valence-corrected chi connectivity index (χ4v) is 4.05. The van der Waals surface area contributed by atoms with Gasteiger partial charge >= 0.3 is 0 Å². The van der Waals surface area contributed by atoms with Gasteiger partial charge in [0, 0.05) is 32.3 Å². The highest BCUT2D eigenvalue weighted by Gasteiger charge is 2.29. The monoisotopic (exact) mass is 329 g/mol. The highest BCUT2D eigenvalue weighted by Crippen LogP contribution is 2.23. The van der Waals surface area contributed by atoms with Crippen molar-refractivity contribution in [3.63, 3.8) is 0 Å². The van der Waals surface area contributed by atoms with Gasteiger partial charge < -0.3 is 15.7 Å². The van der Waals surface area contributed by atoms with Crippen LogP contribution in [0.3, 0.4) is 0 Å². The molecule has 2 heterocycles. The number of thioether (sulfide) groups is 1. The molecule has 2 aliphatic rings. The van der Waals surface area contributed by atoms with Gasteiger partial charge in [0.2, 0.25) is 11.8 Å². The molecular weight excluding hydrogens is 302 g/mol. The molecule has 0 radical (unpaired) electrons. The Hall–Kier alpha value is -0.790. The maximum absolute atomic E-state index is 12.1. The third kappa shape index (κ3) is 5.14. The summed E-state index contributed by atoms with van der Waals surface area (Å²) in [7, 11) is 0. The second-order valence-electron chi connectivity index (χ2n) is 6.26. The highest BCUT2D eigenvalue weighted by molar-refractivity contribution is 8.00. The summed E-state index contributed by atoms with van der Waals surface area (Å²) in [5.41, 5.74) is 5.07. The van der Waals surface area contributed by atoms with E-state index < -0.39 is 0 Å². The van der Waals surface area contributed by atoms with Crippen LogP contribution in [0.1, 0.15) is 25.7 Å². The number of rotatable bonds is 6. The van der Waals surface area contributed by atoms with Crippen LogP contribution in [-0.4, -0.2) is 77.1 Å². The van der Waals surface area contributed by atoms with Gasteiger partial charge in [-0.05, 0) is 38.1 Å². The average molecular weight is 329 g/mol. The van der Waals surface area contributed by atoms with Crippen molar-refractivity contribution < 1.29 is 14.7 Å². The SMILES string of the molecule is NC(=O)CSCC(=O)N1CCC(N2CCC[C@H](CO)C2)CC1. The summed E-state index contributed by atoms with van der Waals surface area (Å²) in [6.45, 7) is 3.97. The van der Waals surface area contributed by atoms with E-state index in [-0.39, 0.29) is 24.2 Å². The first-order chi connectivity index (χ1) is 10.6. The Kier molecular flexibility index (Phi) is 6.98. The minimum Gasteiger partial charge on any atom is -0.396 e. The van der Waals surface area contributed by atoms with Crippen molar-refractivity contribution in [2.45, 2.75) is 31.7 Å². The molecule has 0 aromatic carbocycles. The van der Waals surface area contributed by atoms with Gasteiger partial charge in [0.05, 0.1) is 11.5 Å². The topological polar surface area (TPSA) is 86.9 Å². The fourth-order valence-electron chi connectivity index (χ4n) is 3.39. The molecule has 2 amide bonds. The van der Waals surface area contributed by atoms with E-state index in [0.29, 0.717) is 17.7 Å². The van der Waals surface area contributed by atoms with E-state index in [9.17, 15) is 14.7 Å². The van der Waals surface area contributed by atoms with Crippen LogP contribution in [0, 0.1) is 5.92 Å². The van der Waals surface area contributed by atoms with Crippen LogP contribution < -0.4 is 5.73 Å². The van der Waals surface area contributed by atoms with Gasteiger partial charge in [-0.3, -0.25) is 14.5 Å². The van der Waals surface area contributed by atoms with Crippen molar-refractivity contribution in [2.24, 2.45) is 11.7 Å². The van der Waals surface area contributed by atoms with E-state index in [1.165, 1.54) is 11.8 Å². The predicted molar refractivity (Wildman–Crippen MR) is 87.5 cm³/mol. The summed E-state index contributed by atoms with van der Waals surface area (Å²) in [6.07, 6.45) is 4.30. The first-order valence-corrected chi connectivity index (χ1v) is 9.24. The molecule has 2 aliphatic heterocycles. The minimum atomic E-state index is -0.375. The van der Waals surface area contributed by atoms with Crippen molar-refractivity contribution >= 4 is 23.6 Å². The number of aliphatic hydroxyl groups excluding tert-OH is 1. The van der Waals surface area contributed by atoms with E-state index in [2.05, 4.69) is 4.90 Å². The third-order valence-corrected chi connectivity index (χ3v) is 5.55. The molecule has 7 heteroatoms. The Morgan fingerprint density at radius 1 is 1.14 bits per heavy atom. The van der Waals surface area contributed by atoms with Crippen LogP contribution in [0.15, 0.2) is 0 Å². The molecule has 126 valence electrons. The summed E-state index contributed by atoms with van der Waals surface area (Å²) in [6, 6.07) is 0.539. The summed E-state index contributed by atoms with van der Waals surface area (Å²) in [5, 5.41) is 9.33. The van der Waals surface area contributed by atoms with Crippen molar-refractivity contribution in [1.82, 2.24) is 9.80 Å². The molecule has 0 aliphatic carbocycles. The lowest BCUT2D eigenvalue weighted by molar-refractivity contribution is -0.130. The van der Waals surface area contributed by atoms with Crippen molar-refractivity contribution in [3.8, 4) is 0 Å². The maximum atomic E-state index is 12.1. The van der Waals surface area contributed by atoms with Gasteiger partial charge in [0.15, 0.2) is 0 Å². The molecule has 0 aromatic heterocycles. The molecule has 2 saturated heterocycles. The first-order valence-electron chi connectivity index (χ1n) is 8.09. The van der Waals surface area contributed by atoms with Crippen LogP contribution in [0.4, 0.5) is 0 Å². The number of piperidine rings is 2. The number of hydrogen-bond donors (Lipinski definition) is 2. The number of likely N-dealkylation sites (tertiary alicyclic amines) is 2. The molecule has 22 heavy (non-hydrogen) atoms. The first kappa shape index (κ1) is 17.6. The molecular formula is C15H27N3O3S. The maximum Gasteiger partial charge on any atom is 0.232 e. The Morgan fingerprint density at radius 2 is 1.86 bits per heavy atom. The zero-order valence-corrected chi connectivity index (χ0v) is 13.9. The lowest BCUT2D eigenvalue weighted by Gasteiger charge is -2.42. The Morgan fingerprint density at radius 3 is 2.50 bits per heavy atom. The second kappa shape index (κ2) is 8.74. The van der Waals surface area contributed by atoms with Crippen LogP contribution in [-0.2, 0) is 9.59 Å². The van der Waals surface area contributed by atoms with E-state index in [4.69, 9.17) is 5.73 Å². The molecule has 2 rings (SSSR count). The number of carbonyl (C=O) groups is 2. The van der Waals surface area contributed by atoms with Crippen LogP contribution >= 0.6 is 11.8 Å². The van der Waals surface area contributed by atoms with Crippen LogP contribution in [0.5, 0.6) is 0 Å². The van der Waals surface area contributed by atoms with Crippen LogP contribution in [0.2, 0.25) is 0 Å².